The normalized spacial score (nSPS) is 11.9. The maximum Gasteiger partial charge on any atom is 0.277 e. The van der Waals surface area contributed by atoms with Crippen LogP contribution in [0.15, 0.2) is 68.9 Å². The molecule has 0 bridgehead atoms. The molecular weight excluding hydrogens is 626 g/mol. The Bertz CT molecular complexity index is 1380. The van der Waals surface area contributed by atoms with Crippen molar-refractivity contribution in [1.29, 1.82) is 0 Å². The predicted molar refractivity (Wildman–Crippen MR) is 131 cm³/mol. The highest BCUT2D eigenvalue weighted by molar-refractivity contribution is 9.10. The Morgan fingerprint density at radius 1 is 0.727 bits per heavy atom. The van der Waals surface area contributed by atoms with Crippen LogP contribution in [0, 0.1) is 10.1 Å². The van der Waals surface area contributed by atoms with E-state index in [-0.39, 0.29) is 28.3 Å². The number of sulfonamides is 2. The second kappa shape index (κ2) is 9.57. The highest BCUT2D eigenvalue weighted by atomic mass is 79.9. The van der Waals surface area contributed by atoms with Crippen molar-refractivity contribution in [2.75, 3.05) is 3.71 Å². The van der Waals surface area contributed by atoms with E-state index in [2.05, 4.69) is 15.9 Å². The Balaban J connectivity index is 2.42. The highest BCUT2D eigenvalue weighted by Crippen LogP contribution is 2.39. The van der Waals surface area contributed by atoms with Crippen molar-refractivity contribution < 1.29 is 21.8 Å². The van der Waals surface area contributed by atoms with Gasteiger partial charge in [0.25, 0.3) is 25.7 Å². The molecule has 0 heterocycles. The number of nitrogens with zero attached hydrogens (tertiary/aromatic N) is 2. The molecule has 0 aliphatic heterocycles. The Morgan fingerprint density at radius 2 is 1.12 bits per heavy atom. The summed E-state index contributed by atoms with van der Waals surface area (Å²) in [7, 11) is -9.92. The SMILES string of the molecule is O=[N+]([O-])c1ccc(Br)c(N(S(=O)(=O)c2cc(Cl)cc(Cl)c2)S(=O)(=O)c2cc(Cl)cc(Cl)c2)c1. The lowest BCUT2D eigenvalue weighted by atomic mass is 10.3. The molecule has 3 aromatic rings. The monoisotopic (exact) mass is 632 g/mol. The number of nitro benzene ring substituents is 1. The zero-order valence-corrected chi connectivity index (χ0v) is 22.0. The smallest absolute Gasteiger partial charge is 0.258 e. The van der Waals surface area contributed by atoms with E-state index in [0.29, 0.717) is 0 Å². The third kappa shape index (κ3) is 5.40. The van der Waals surface area contributed by atoms with Gasteiger partial charge < -0.3 is 0 Å². The van der Waals surface area contributed by atoms with E-state index in [0.717, 1.165) is 42.5 Å². The van der Waals surface area contributed by atoms with E-state index in [1.54, 1.807) is 0 Å². The van der Waals surface area contributed by atoms with Gasteiger partial charge in [0.2, 0.25) is 0 Å². The van der Waals surface area contributed by atoms with Crippen LogP contribution in [0.4, 0.5) is 11.4 Å². The van der Waals surface area contributed by atoms with Gasteiger partial charge >= 0.3 is 0 Å². The summed E-state index contributed by atoms with van der Waals surface area (Å²) in [5.41, 5.74) is -1.12. The molecule has 3 rings (SSSR count). The molecule has 3 aromatic carbocycles. The first-order valence-corrected chi connectivity index (χ1v) is 13.6. The van der Waals surface area contributed by atoms with Gasteiger partial charge in [-0.3, -0.25) is 10.1 Å². The van der Waals surface area contributed by atoms with Gasteiger partial charge in [-0.1, -0.05) is 46.4 Å². The van der Waals surface area contributed by atoms with Gasteiger partial charge in [-0.25, -0.2) is 16.8 Å². The summed E-state index contributed by atoms with van der Waals surface area (Å²) in [6.45, 7) is 0. The predicted octanol–water partition coefficient (Wildman–Crippen LogP) is 6.56. The first kappa shape index (κ1) is 26.0. The van der Waals surface area contributed by atoms with Gasteiger partial charge in [0.05, 0.1) is 20.4 Å². The average molecular weight is 635 g/mol. The minimum atomic E-state index is -4.96. The largest absolute Gasteiger partial charge is 0.277 e. The van der Waals surface area contributed by atoms with Crippen LogP contribution in [-0.4, -0.2) is 21.8 Å². The van der Waals surface area contributed by atoms with Crippen LogP contribution in [0.3, 0.4) is 0 Å². The molecule has 0 fully saturated rings. The lowest BCUT2D eigenvalue weighted by Crippen LogP contribution is -2.37. The summed E-state index contributed by atoms with van der Waals surface area (Å²) in [5, 5.41) is 11.0. The lowest BCUT2D eigenvalue weighted by Gasteiger charge is -2.25. The second-order valence-electron chi connectivity index (χ2n) is 6.31. The molecule has 0 spiro atoms. The van der Waals surface area contributed by atoms with E-state index in [4.69, 9.17) is 46.4 Å². The molecule has 0 aliphatic rings. The van der Waals surface area contributed by atoms with Crippen molar-refractivity contribution in [2.45, 2.75) is 9.79 Å². The number of halogens is 5. The zero-order valence-electron chi connectivity index (χ0n) is 15.7. The van der Waals surface area contributed by atoms with Crippen LogP contribution in [-0.2, 0) is 20.0 Å². The summed E-state index contributed by atoms with van der Waals surface area (Å²) in [6.07, 6.45) is 0. The number of benzene rings is 3. The Kier molecular flexibility index (Phi) is 7.54. The fourth-order valence-corrected chi connectivity index (χ4v) is 8.52. The van der Waals surface area contributed by atoms with Gasteiger partial charge in [0, 0.05) is 36.7 Å². The zero-order chi connectivity index (χ0) is 24.7. The standard InChI is InChI=1S/C18H9BrCl4N2O6S2/c19-17-2-1-14(24(26)27)9-18(17)25(32(28,29)15-5-10(20)3-11(21)6-15)33(30,31)16-7-12(22)4-13(23)8-16/h1-9H. The maximum absolute atomic E-state index is 13.6. The van der Waals surface area contributed by atoms with Gasteiger partial charge in [-0.15, -0.1) is 0 Å². The first-order valence-electron chi connectivity index (χ1n) is 8.40. The van der Waals surface area contributed by atoms with Crippen LogP contribution in [0.1, 0.15) is 0 Å². The molecule has 0 aromatic heterocycles. The lowest BCUT2D eigenvalue weighted by molar-refractivity contribution is -0.384. The summed E-state index contributed by atoms with van der Waals surface area (Å²) in [5.74, 6) is 0. The number of anilines is 1. The number of nitro groups is 1. The molecule has 8 nitrogen and oxygen atoms in total. The average Bonchev–Trinajstić information content (AvgIpc) is 2.67. The number of non-ortho nitro benzene ring substituents is 1. The second-order valence-corrected chi connectivity index (χ2v) is 12.7. The van der Waals surface area contributed by atoms with Crippen LogP contribution in [0.5, 0.6) is 0 Å². The van der Waals surface area contributed by atoms with E-state index < -0.39 is 46.1 Å². The van der Waals surface area contributed by atoms with E-state index >= 15 is 0 Å². The molecule has 15 heteroatoms. The van der Waals surface area contributed by atoms with Crippen LogP contribution >= 0.6 is 62.3 Å². The third-order valence-corrected chi connectivity index (χ3v) is 9.69. The molecule has 33 heavy (non-hydrogen) atoms. The molecule has 0 radical (unpaired) electrons. The number of rotatable bonds is 6. The Morgan fingerprint density at radius 3 is 1.48 bits per heavy atom. The number of hydrogen-bond acceptors (Lipinski definition) is 6. The Labute approximate surface area is 217 Å². The summed E-state index contributed by atoms with van der Waals surface area (Å²) < 4.78 is 54.5. The van der Waals surface area contributed by atoms with E-state index in [1.807, 2.05) is 0 Å². The van der Waals surface area contributed by atoms with Crippen molar-refractivity contribution in [3.05, 3.63) is 89.3 Å². The van der Waals surface area contributed by atoms with Crippen molar-refractivity contribution in [2.24, 2.45) is 0 Å². The van der Waals surface area contributed by atoms with Gasteiger partial charge in [0.1, 0.15) is 0 Å². The number of hydrogen-bond donors (Lipinski definition) is 0. The van der Waals surface area contributed by atoms with Crippen molar-refractivity contribution >= 4 is 93.8 Å². The Hall–Kier alpha value is -1.60. The van der Waals surface area contributed by atoms with Crippen molar-refractivity contribution in [1.82, 2.24) is 0 Å². The van der Waals surface area contributed by atoms with Gasteiger partial charge in [-0.2, -0.15) is 3.71 Å². The molecular formula is C18H9BrCl4N2O6S2. The molecule has 0 unspecified atom stereocenters. The van der Waals surface area contributed by atoms with Gasteiger partial charge in [0.15, 0.2) is 0 Å². The molecule has 0 aliphatic carbocycles. The summed E-state index contributed by atoms with van der Waals surface area (Å²) in [6, 6.07) is 9.45. The van der Waals surface area contributed by atoms with Crippen molar-refractivity contribution in [3.8, 4) is 0 Å². The van der Waals surface area contributed by atoms with Gasteiger partial charge in [-0.05, 0) is 58.4 Å². The molecule has 174 valence electrons. The maximum atomic E-state index is 13.6. The van der Waals surface area contributed by atoms with Crippen molar-refractivity contribution in [3.63, 3.8) is 0 Å². The van der Waals surface area contributed by atoms with E-state index in [1.165, 1.54) is 12.1 Å². The minimum absolute atomic E-state index is 0.0288. The molecule has 0 amide bonds. The van der Waals surface area contributed by atoms with Crippen LogP contribution in [0.2, 0.25) is 20.1 Å². The molecule has 0 saturated carbocycles. The summed E-state index contributed by atoms with van der Waals surface area (Å²) >= 11 is 26.8. The van der Waals surface area contributed by atoms with E-state index in [9.17, 15) is 26.9 Å². The first-order chi connectivity index (χ1) is 15.2. The van der Waals surface area contributed by atoms with Crippen LogP contribution < -0.4 is 3.71 Å². The minimum Gasteiger partial charge on any atom is -0.258 e. The topological polar surface area (TPSA) is 115 Å². The summed E-state index contributed by atoms with van der Waals surface area (Å²) in [4.78, 5) is 9.35. The molecule has 0 saturated heterocycles. The molecule has 0 N–H and O–H groups in total. The molecule has 0 atom stereocenters. The third-order valence-electron chi connectivity index (χ3n) is 4.04. The quantitative estimate of drug-likeness (QED) is 0.224. The fraction of sp³-hybridized carbons (Fsp3) is 0. The van der Waals surface area contributed by atoms with Crippen LogP contribution in [0.25, 0.3) is 0 Å². The highest BCUT2D eigenvalue weighted by Gasteiger charge is 2.39. The fourth-order valence-electron chi connectivity index (χ4n) is 2.69.